The first-order valence-corrected chi connectivity index (χ1v) is 7.08. The minimum Gasteiger partial charge on any atom is -0.395 e. The summed E-state index contributed by atoms with van der Waals surface area (Å²) < 4.78 is 0. The largest absolute Gasteiger partial charge is 0.395 e. The van der Waals surface area contributed by atoms with Crippen LogP contribution in [0.5, 0.6) is 0 Å². The number of hydrogen-bond donors (Lipinski definition) is 2. The Morgan fingerprint density at radius 3 is 2.06 bits per heavy atom. The van der Waals surface area contributed by atoms with Crippen LogP contribution in [0.2, 0.25) is 0 Å². The van der Waals surface area contributed by atoms with Crippen LogP contribution in [-0.4, -0.2) is 24.8 Å². The summed E-state index contributed by atoms with van der Waals surface area (Å²) in [6.45, 7) is 0.305. The molecule has 4 saturated carbocycles. The minimum atomic E-state index is 0.305. The maximum Gasteiger partial charge on any atom is 0.0584 e. The van der Waals surface area contributed by atoms with Crippen molar-refractivity contribution in [3.05, 3.63) is 0 Å². The highest BCUT2D eigenvalue weighted by Crippen LogP contribution is 2.57. The van der Waals surface area contributed by atoms with E-state index in [1.165, 1.54) is 38.5 Å². The SMILES string of the molecule is CNC(CO)CC1C2CC3CC(C2)CC1C3. The Labute approximate surface area is 98.8 Å². The van der Waals surface area contributed by atoms with Crippen LogP contribution < -0.4 is 5.32 Å². The molecule has 4 aliphatic carbocycles. The smallest absolute Gasteiger partial charge is 0.0584 e. The van der Waals surface area contributed by atoms with Crippen LogP contribution in [0.25, 0.3) is 0 Å². The Kier molecular flexibility index (Phi) is 2.97. The van der Waals surface area contributed by atoms with Crippen molar-refractivity contribution in [2.75, 3.05) is 13.7 Å². The highest BCUT2D eigenvalue weighted by Gasteiger charge is 2.48. The van der Waals surface area contributed by atoms with Gasteiger partial charge < -0.3 is 10.4 Å². The van der Waals surface area contributed by atoms with Crippen molar-refractivity contribution in [1.29, 1.82) is 0 Å². The molecular weight excluding hydrogens is 198 g/mol. The summed E-state index contributed by atoms with van der Waals surface area (Å²) in [5, 5.41) is 12.6. The molecule has 1 unspecified atom stereocenters. The number of rotatable bonds is 4. The Morgan fingerprint density at radius 2 is 1.62 bits per heavy atom. The molecular formula is C14H25NO. The van der Waals surface area contributed by atoms with E-state index in [1.807, 2.05) is 7.05 Å². The topological polar surface area (TPSA) is 32.3 Å². The Hall–Kier alpha value is -0.0800. The molecule has 0 aromatic heterocycles. The van der Waals surface area contributed by atoms with E-state index in [2.05, 4.69) is 5.32 Å². The van der Waals surface area contributed by atoms with Crippen LogP contribution in [0.4, 0.5) is 0 Å². The van der Waals surface area contributed by atoms with Gasteiger partial charge in [0, 0.05) is 6.04 Å². The molecule has 4 bridgehead atoms. The lowest BCUT2D eigenvalue weighted by Gasteiger charge is -2.55. The van der Waals surface area contributed by atoms with Gasteiger partial charge in [-0.05, 0) is 75.2 Å². The van der Waals surface area contributed by atoms with Crippen LogP contribution in [0.15, 0.2) is 0 Å². The first-order chi connectivity index (χ1) is 7.80. The zero-order chi connectivity index (χ0) is 11.1. The van der Waals surface area contributed by atoms with Gasteiger partial charge in [0.15, 0.2) is 0 Å². The Morgan fingerprint density at radius 1 is 1.06 bits per heavy atom. The molecule has 2 nitrogen and oxygen atoms in total. The van der Waals surface area contributed by atoms with E-state index in [0.29, 0.717) is 12.6 Å². The maximum absolute atomic E-state index is 9.32. The van der Waals surface area contributed by atoms with E-state index < -0.39 is 0 Å². The van der Waals surface area contributed by atoms with Crippen molar-refractivity contribution < 1.29 is 5.11 Å². The average molecular weight is 223 g/mol. The Bertz CT molecular complexity index is 221. The fraction of sp³-hybridized carbons (Fsp3) is 1.00. The first kappa shape index (κ1) is 11.0. The van der Waals surface area contributed by atoms with Crippen molar-refractivity contribution >= 4 is 0 Å². The van der Waals surface area contributed by atoms with Crippen molar-refractivity contribution in [3.63, 3.8) is 0 Å². The predicted octanol–water partition coefficient (Wildman–Crippen LogP) is 2.03. The fourth-order valence-electron chi connectivity index (χ4n) is 5.03. The van der Waals surface area contributed by atoms with Crippen LogP contribution in [0.1, 0.15) is 38.5 Å². The van der Waals surface area contributed by atoms with Crippen molar-refractivity contribution in [2.24, 2.45) is 29.6 Å². The highest BCUT2D eigenvalue weighted by molar-refractivity contribution is 4.98. The molecule has 4 rings (SSSR count). The van der Waals surface area contributed by atoms with E-state index in [4.69, 9.17) is 0 Å². The predicted molar refractivity (Wildman–Crippen MR) is 65.1 cm³/mol. The molecule has 0 amide bonds. The zero-order valence-electron chi connectivity index (χ0n) is 10.4. The van der Waals surface area contributed by atoms with Crippen LogP contribution in [-0.2, 0) is 0 Å². The molecule has 4 fully saturated rings. The van der Waals surface area contributed by atoms with Gasteiger partial charge in [-0.1, -0.05) is 0 Å². The Balaban J connectivity index is 1.67. The number of hydrogen-bond acceptors (Lipinski definition) is 2. The third-order valence-electron chi connectivity index (χ3n) is 5.61. The lowest BCUT2D eigenvalue weighted by Crippen LogP contribution is -2.47. The van der Waals surface area contributed by atoms with E-state index in [9.17, 15) is 5.11 Å². The van der Waals surface area contributed by atoms with Crippen LogP contribution >= 0.6 is 0 Å². The average Bonchev–Trinajstić information content (AvgIpc) is 2.28. The molecule has 0 spiro atoms. The molecule has 0 radical (unpaired) electrons. The summed E-state index contributed by atoms with van der Waals surface area (Å²) in [4.78, 5) is 0. The van der Waals surface area contributed by atoms with Crippen LogP contribution in [0.3, 0.4) is 0 Å². The molecule has 2 N–H and O–H groups in total. The summed E-state index contributed by atoms with van der Waals surface area (Å²) >= 11 is 0. The summed E-state index contributed by atoms with van der Waals surface area (Å²) in [6.07, 6.45) is 8.75. The number of likely N-dealkylation sites (N-methyl/N-ethyl adjacent to an activating group) is 1. The van der Waals surface area contributed by atoms with E-state index in [-0.39, 0.29) is 0 Å². The van der Waals surface area contributed by atoms with Gasteiger partial charge in [-0.3, -0.25) is 0 Å². The standard InChI is InChI=1S/C14H25NO/c1-15-13(8-16)7-14-11-3-9-2-10(5-11)6-12(14)4-9/h9-16H,2-8H2,1H3. The van der Waals surface area contributed by atoms with Gasteiger partial charge in [0.25, 0.3) is 0 Å². The molecule has 0 aliphatic heterocycles. The summed E-state index contributed by atoms with van der Waals surface area (Å²) in [5.74, 6) is 5.05. The minimum absolute atomic E-state index is 0.305. The maximum atomic E-state index is 9.32. The third kappa shape index (κ3) is 1.80. The number of nitrogens with one attached hydrogen (secondary N) is 1. The van der Waals surface area contributed by atoms with Gasteiger partial charge in [0.2, 0.25) is 0 Å². The molecule has 0 heterocycles. The second-order valence-electron chi connectivity index (χ2n) is 6.50. The molecule has 0 aromatic rings. The summed E-state index contributed by atoms with van der Waals surface area (Å²) in [6, 6.07) is 0.336. The second kappa shape index (κ2) is 4.30. The van der Waals surface area contributed by atoms with E-state index in [1.54, 1.807) is 0 Å². The molecule has 2 heteroatoms. The lowest BCUT2D eigenvalue weighted by molar-refractivity contribution is -0.0448. The molecule has 92 valence electrons. The van der Waals surface area contributed by atoms with Gasteiger partial charge >= 0.3 is 0 Å². The third-order valence-corrected chi connectivity index (χ3v) is 5.61. The number of aliphatic hydroxyl groups excluding tert-OH is 1. The molecule has 0 aromatic carbocycles. The highest BCUT2D eigenvalue weighted by atomic mass is 16.3. The molecule has 4 aliphatic rings. The number of aliphatic hydroxyl groups is 1. The zero-order valence-corrected chi connectivity index (χ0v) is 10.4. The van der Waals surface area contributed by atoms with Crippen LogP contribution in [0, 0.1) is 29.6 Å². The van der Waals surface area contributed by atoms with E-state index in [0.717, 1.165) is 29.6 Å². The second-order valence-corrected chi connectivity index (χ2v) is 6.50. The van der Waals surface area contributed by atoms with Gasteiger partial charge in [0.05, 0.1) is 6.61 Å². The lowest BCUT2D eigenvalue weighted by atomic mass is 9.51. The molecule has 16 heavy (non-hydrogen) atoms. The van der Waals surface area contributed by atoms with Crippen molar-refractivity contribution in [1.82, 2.24) is 5.32 Å². The fourth-order valence-corrected chi connectivity index (χ4v) is 5.03. The summed E-state index contributed by atoms with van der Waals surface area (Å²) in [5.41, 5.74) is 0. The molecule has 0 saturated heterocycles. The van der Waals surface area contributed by atoms with Crippen molar-refractivity contribution in [3.8, 4) is 0 Å². The normalized spacial score (nSPS) is 47.2. The van der Waals surface area contributed by atoms with Gasteiger partial charge in [-0.2, -0.15) is 0 Å². The van der Waals surface area contributed by atoms with Gasteiger partial charge in [-0.25, -0.2) is 0 Å². The van der Waals surface area contributed by atoms with Crippen molar-refractivity contribution in [2.45, 2.75) is 44.6 Å². The first-order valence-electron chi connectivity index (χ1n) is 7.08. The monoisotopic (exact) mass is 223 g/mol. The summed E-state index contributed by atoms with van der Waals surface area (Å²) in [7, 11) is 1.98. The van der Waals surface area contributed by atoms with Gasteiger partial charge in [0.1, 0.15) is 0 Å². The molecule has 1 atom stereocenters. The quantitative estimate of drug-likeness (QED) is 0.764. The van der Waals surface area contributed by atoms with E-state index >= 15 is 0 Å². The van der Waals surface area contributed by atoms with Gasteiger partial charge in [-0.15, -0.1) is 0 Å².